The SMILES string of the molecule is COc1cccc(C[C@@]2(O)CCCC[C@@H]2CN(C)C)c1. The van der Waals surface area contributed by atoms with E-state index in [4.69, 9.17) is 4.74 Å². The largest absolute Gasteiger partial charge is 0.497 e. The van der Waals surface area contributed by atoms with Crippen molar-refractivity contribution in [3.05, 3.63) is 29.8 Å². The smallest absolute Gasteiger partial charge is 0.119 e. The molecular weight excluding hydrogens is 250 g/mol. The lowest BCUT2D eigenvalue weighted by molar-refractivity contribution is -0.0553. The van der Waals surface area contributed by atoms with E-state index in [-0.39, 0.29) is 0 Å². The average molecular weight is 277 g/mol. The van der Waals surface area contributed by atoms with Crippen molar-refractivity contribution in [2.24, 2.45) is 5.92 Å². The number of ether oxygens (including phenoxy) is 1. The van der Waals surface area contributed by atoms with Gasteiger partial charge in [0.15, 0.2) is 0 Å². The maximum absolute atomic E-state index is 11.1. The molecule has 3 nitrogen and oxygen atoms in total. The zero-order chi connectivity index (χ0) is 14.6. The molecule has 1 aliphatic carbocycles. The van der Waals surface area contributed by atoms with Gasteiger partial charge in [-0.1, -0.05) is 25.0 Å². The van der Waals surface area contributed by atoms with E-state index < -0.39 is 5.60 Å². The molecule has 0 saturated heterocycles. The molecule has 112 valence electrons. The number of aliphatic hydroxyl groups is 1. The third kappa shape index (κ3) is 3.74. The molecule has 0 amide bonds. The maximum Gasteiger partial charge on any atom is 0.119 e. The number of rotatable bonds is 5. The molecule has 1 fully saturated rings. The number of methoxy groups -OCH3 is 1. The van der Waals surface area contributed by atoms with Crippen molar-refractivity contribution in [1.82, 2.24) is 4.90 Å². The van der Waals surface area contributed by atoms with Crippen LogP contribution in [0.25, 0.3) is 0 Å². The van der Waals surface area contributed by atoms with Crippen LogP contribution in [0.15, 0.2) is 24.3 Å². The minimum Gasteiger partial charge on any atom is -0.497 e. The highest BCUT2D eigenvalue weighted by Gasteiger charge is 2.38. The van der Waals surface area contributed by atoms with Crippen molar-refractivity contribution in [3.8, 4) is 5.75 Å². The summed E-state index contributed by atoms with van der Waals surface area (Å²) in [6, 6.07) is 8.08. The van der Waals surface area contributed by atoms with Crippen LogP contribution in [0, 0.1) is 5.92 Å². The van der Waals surface area contributed by atoms with E-state index in [0.29, 0.717) is 5.92 Å². The second-order valence-electron chi connectivity index (χ2n) is 6.34. The van der Waals surface area contributed by atoms with Crippen LogP contribution in [0.2, 0.25) is 0 Å². The predicted molar refractivity (Wildman–Crippen MR) is 82.2 cm³/mol. The van der Waals surface area contributed by atoms with Gasteiger partial charge in [-0.15, -0.1) is 0 Å². The van der Waals surface area contributed by atoms with E-state index in [1.165, 1.54) is 6.42 Å². The van der Waals surface area contributed by atoms with E-state index in [9.17, 15) is 5.11 Å². The van der Waals surface area contributed by atoms with Crippen LogP contribution >= 0.6 is 0 Å². The molecule has 1 aromatic rings. The molecule has 1 aliphatic rings. The van der Waals surface area contributed by atoms with Gasteiger partial charge < -0.3 is 14.7 Å². The van der Waals surface area contributed by atoms with E-state index in [0.717, 1.165) is 43.5 Å². The van der Waals surface area contributed by atoms with Crippen molar-refractivity contribution in [3.63, 3.8) is 0 Å². The molecule has 1 saturated carbocycles. The van der Waals surface area contributed by atoms with Crippen LogP contribution < -0.4 is 4.74 Å². The first kappa shape index (κ1) is 15.3. The minimum absolute atomic E-state index is 0.359. The first-order chi connectivity index (χ1) is 9.53. The fourth-order valence-corrected chi connectivity index (χ4v) is 3.37. The second-order valence-corrected chi connectivity index (χ2v) is 6.34. The fourth-order valence-electron chi connectivity index (χ4n) is 3.37. The maximum atomic E-state index is 11.1. The summed E-state index contributed by atoms with van der Waals surface area (Å²) in [5.41, 5.74) is 0.590. The lowest BCUT2D eigenvalue weighted by Gasteiger charge is -2.41. The standard InChI is InChI=1S/C17H27NO2/c1-18(2)13-15-8-4-5-10-17(15,19)12-14-7-6-9-16(11-14)20-3/h6-7,9,11,15,19H,4-5,8,10,12-13H2,1-3H3/t15-,17+/m1/s1. The van der Waals surface area contributed by atoms with Crippen molar-refractivity contribution >= 4 is 0 Å². The molecule has 1 aromatic carbocycles. The molecule has 20 heavy (non-hydrogen) atoms. The highest BCUT2D eigenvalue weighted by atomic mass is 16.5. The van der Waals surface area contributed by atoms with Crippen molar-refractivity contribution in [2.45, 2.75) is 37.7 Å². The van der Waals surface area contributed by atoms with Gasteiger partial charge in [0.05, 0.1) is 12.7 Å². The molecule has 0 spiro atoms. The Morgan fingerprint density at radius 1 is 1.35 bits per heavy atom. The summed E-state index contributed by atoms with van der Waals surface area (Å²) < 4.78 is 5.28. The van der Waals surface area contributed by atoms with Gasteiger partial charge in [0.25, 0.3) is 0 Å². The highest BCUT2D eigenvalue weighted by molar-refractivity contribution is 5.29. The lowest BCUT2D eigenvalue weighted by Crippen LogP contribution is -2.46. The summed E-state index contributed by atoms with van der Waals surface area (Å²) in [6.45, 7) is 0.959. The first-order valence-corrected chi connectivity index (χ1v) is 7.53. The summed E-state index contributed by atoms with van der Waals surface area (Å²) in [5, 5.41) is 11.1. The third-order valence-electron chi connectivity index (χ3n) is 4.40. The van der Waals surface area contributed by atoms with Gasteiger partial charge in [-0.3, -0.25) is 0 Å². The molecule has 1 N–H and O–H groups in total. The van der Waals surface area contributed by atoms with Crippen LogP contribution in [-0.4, -0.2) is 43.4 Å². The fraction of sp³-hybridized carbons (Fsp3) is 0.647. The Bertz CT molecular complexity index is 433. The van der Waals surface area contributed by atoms with Crippen molar-refractivity contribution < 1.29 is 9.84 Å². The summed E-state index contributed by atoms with van der Waals surface area (Å²) in [4.78, 5) is 2.19. The van der Waals surface area contributed by atoms with E-state index in [2.05, 4.69) is 25.1 Å². The Morgan fingerprint density at radius 2 is 2.15 bits per heavy atom. The zero-order valence-electron chi connectivity index (χ0n) is 12.9. The third-order valence-corrected chi connectivity index (χ3v) is 4.40. The average Bonchev–Trinajstić information content (AvgIpc) is 2.41. The molecule has 2 rings (SSSR count). The summed E-state index contributed by atoms with van der Waals surface area (Å²) >= 11 is 0. The van der Waals surface area contributed by atoms with Crippen LogP contribution in [0.5, 0.6) is 5.75 Å². The number of nitrogens with zero attached hydrogens (tertiary/aromatic N) is 1. The Balaban J connectivity index is 2.13. The molecule has 2 atom stereocenters. The Labute approximate surface area is 122 Å². The van der Waals surface area contributed by atoms with Gasteiger partial charge in [0, 0.05) is 18.9 Å². The minimum atomic E-state index is -0.575. The number of hydrogen-bond donors (Lipinski definition) is 1. The topological polar surface area (TPSA) is 32.7 Å². The van der Waals surface area contributed by atoms with Crippen LogP contribution in [-0.2, 0) is 6.42 Å². The van der Waals surface area contributed by atoms with Gasteiger partial charge in [0.2, 0.25) is 0 Å². The normalized spacial score (nSPS) is 26.8. The van der Waals surface area contributed by atoms with Crippen LogP contribution in [0.1, 0.15) is 31.2 Å². The van der Waals surface area contributed by atoms with Gasteiger partial charge in [-0.25, -0.2) is 0 Å². The zero-order valence-corrected chi connectivity index (χ0v) is 12.9. The Kier molecular flexibility index (Phi) is 5.06. The second kappa shape index (κ2) is 6.59. The van der Waals surface area contributed by atoms with Crippen LogP contribution in [0.3, 0.4) is 0 Å². The summed E-state index contributed by atoms with van der Waals surface area (Å²) in [6.07, 6.45) is 5.12. The molecule has 0 aromatic heterocycles. The number of hydrogen-bond acceptors (Lipinski definition) is 3. The van der Waals surface area contributed by atoms with E-state index in [1.807, 2.05) is 18.2 Å². The molecule has 0 radical (unpaired) electrons. The molecule has 0 unspecified atom stereocenters. The number of benzene rings is 1. The molecule has 0 aliphatic heterocycles. The Hall–Kier alpha value is -1.06. The van der Waals surface area contributed by atoms with Gasteiger partial charge >= 0.3 is 0 Å². The first-order valence-electron chi connectivity index (χ1n) is 7.53. The Morgan fingerprint density at radius 3 is 2.85 bits per heavy atom. The highest BCUT2D eigenvalue weighted by Crippen LogP contribution is 2.37. The van der Waals surface area contributed by atoms with Gasteiger partial charge in [0.1, 0.15) is 5.75 Å². The van der Waals surface area contributed by atoms with Crippen molar-refractivity contribution in [2.75, 3.05) is 27.7 Å². The molecular formula is C17H27NO2. The van der Waals surface area contributed by atoms with Crippen molar-refractivity contribution in [1.29, 1.82) is 0 Å². The van der Waals surface area contributed by atoms with E-state index >= 15 is 0 Å². The predicted octanol–water partition coefficient (Wildman–Crippen LogP) is 2.72. The quantitative estimate of drug-likeness (QED) is 0.898. The molecule has 0 heterocycles. The van der Waals surface area contributed by atoms with Crippen LogP contribution in [0.4, 0.5) is 0 Å². The van der Waals surface area contributed by atoms with E-state index in [1.54, 1.807) is 7.11 Å². The summed E-state index contributed by atoms with van der Waals surface area (Å²) in [7, 11) is 5.85. The molecule has 0 bridgehead atoms. The molecule has 3 heteroatoms. The van der Waals surface area contributed by atoms with Gasteiger partial charge in [-0.2, -0.15) is 0 Å². The lowest BCUT2D eigenvalue weighted by atomic mass is 9.72. The van der Waals surface area contributed by atoms with Gasteiger partial charge in [-0.05, 0) is 44.6 Å². The monoisotopic (exact) mass is 277 g/mol. The summed E-state index contributed by atoms with van der Waals surface area (Å²) in [5.74, 6) is 1.23.